The highest BCUT2D eigenvalue weighted by atomic mass is 35.5. The molecule has 0 amide bonds. The molecular formula is C14H12Cl2F3NO. The third-order valence-corrected chi connectivity index (χ3v) is 4.82. The predicted molar refractivity (Wildman–Crippen MR) is 75.9 cm³/mol. The fourth-order valence-electron chi connectivity index (χ4n) is 3.04. The van der Waals surface area contributed by atoms with Crippen LogP contribution in [-0.4, -0.2) is 16.3 Å². The summed E-state index contributed by atoms with van der Waals surface area (Å²) in [6, 6.07) is 2.92. The first kappa shape index (κ1) is 15.0. The van der Waals surface area contributed by atoms with E-state index in [9.17, 15) is 18.3 Å². The first-order valence-electron chi connectivity index (χ1n) is 6.45. The molecule has 2 aromatic rings. The first-order chi connectivity index (χ1) is 9.70. The number of halogens is 5. The number of aromatic nitrogens is 1. The van der Waals surface area contributed by atoms with E-state index in [1.165, 1.54) is 12.1 Å². The summed E-state index contributed by atoms with van der Waals surface area (Å²) in [6.07, 6.45) is -5.47. The molecule has 2 nitrogen and oxygen atoms in total. The lowest BCUT2D eigenvalue weighted by Crippen LogP contribution is -2.30. The van der Waals surface area contributed by atoms with Crippen LogP contribution in [0.2, 0.25) is 10.0 Å². The van der Waals surface area contributed by atoms with Gasteiger partial charge in [0.25, 0.3) is 0 Å². The maximum absolute atomic E-state index is 13.4. The van der Waals surface area contributed by atoms with E-state index >= 15 is 0 Å². The lowest BCUT2D eigenvalue weighted by molar-refractivity contribution is -0.159. The molecule has 0 saturated carbocycles. The number of H-pyrrole nitrogens is 1. The van der Waals surface area contributed by atoms with E-state index in [2.05, 4.69) is 4.98 Å². The number of alkyl halides is 3. The fraction of sp³-hybridized carbons (Fsp3) is 0.429. The number of benzene rings is 1. The van der Waals surface area contributed by atoms with Crippen molar-refractivity contribution in [3.05, 3.63) is 33.4 Å². The molecule has 2 N–H and O–H groups in total. The summed E-state index contributed by atoms with van der Waals surface area (Å²) in [5.41, 5.74) is 0.753. The fourth-order valence-corrected chi connectivity index (χ4v) is 3.37. The minimum atomic E-state index is -4.37. The van der Waals surface area contributed by atoms with Gasteiger partial charge in [-0.15, -0.1) is 0 Å². The Labute approximate surface area is 128 Å². The van der Waals surface area contributed by atoms with Crippen molar-refractivity contribution in [2.24, 2.45) is 5.92 Å². The van der Waals surface area contributed by atoms with Crippen LogP contribution in [0, 0.1) is 5.92 Å². The van der Waals surface area contributed by atoms with Crippen LogP contribution in [0.15, 0.2) is 12.1 Å². The van der Waals surface area contributed by atoms with Gasteiger partial charge in [-0.1, -0.05) is 30.1 Å². The number of aliphatic hydroxyl groups is 1. The van der Waals surface area contributed by atoms with Crippen molar-refractivity contribution in [1.29, 1.82) is 0 Å². The van der Waals surface area contributed by atoms with Crippen molar-refractivity contribution in [2.75, 3.05) is 0 Å². The smallest absolute Gasteiger partial charge is 0.387 e. The van der Waals surface area contributed by atoms with Crippen LogP contribution < -0.4 is 0 Å². The lowest BCUT2D eigenvalue weighted by atomic mass is 9.77. The molecule has 3 unspecified atom stereocenters. The molecule has 1 aromatic heterocycles. The minimum absolute atomic E-state index is 0.0849. The summed E-state index contributed by atoms with van der Waals surface area (Å²) in [7, 11) is 0. The summed E-state index contributed by atoms with van der Waals surface area (Å²) in [6.45, 7) is 1.61. The van der Waals surface area contributed by atoms with Gasteiger partial charge in [0.1, 0.15) is 0 Å². The number of aliphatic hydroxyl groups excluding tert-OH is 1. The van der Waals surface area contributed by atoms with Gasteiger partial charge in [-0.2, -0.15) is 13.2 Å². The third kappa shape index (κ3) is 2.31. The quantitative estimate of drug-likeness (QED) is 0.681. The van der Waals surface area contributed by atoms with Gasteiger partial charge in [0.15, 0.2) is 0 Å². The molecule has 0 radical (unpaired) electrons. The number of rotatable bonds is 0. The summed E-state index contributed by atoms with van der Waals surface area (Å²) in [5.74, 6) is -2.10. The third-order valence-electron chi connectivity index (χ3n) is 4.10. The zero-order valence-electron chi connectivity index (χ0n) is 10.9. The van der Waals surface area contributed by atoms with Gasteiger partial charge in [-0.05, 0) is 30.0 Å². The van der Waals surface area contributed by atoms with Gasteiger partial charge in [-0.25, -0.2) is 0 Å². The Morgan fingerprint density at radius 1 is 1.24 bits per heavy atom. The standard InChI is InChI=1S/C14H12Cl2F3NO/c1-5-2-7(14(17,18)19)11-6-3-8(15)9(16)4-10(6)20-12(11)13(5)21/h3-5,7,13,20-21H,2H2,1H3. The Morgan fingerprint density at radius 2 is 1.86 bits per heavy atom. The number of fused-ring (bicyclic) bond motifs is 3. The normalized spacial score (nSPS) is 26.1. The van der Waals surface area contributed by atoms with Crippen molar-refractivity contribution in [1.82, 2.24) is 4.98 Å². The van der Waals surface area contributed by atoms with E-state index in [0.29, 0.717) is 10.9 Å². The van der Waals surface area contributed by atoms with Crippen molar-refractivity contribution >= 4 is 34.1 Å². The molecule has 1 aliphatic rings. The van der Waals surface area contributed by atoms with Gasteiger partial charge in [0, 0.05) is 16.6 Å². The number of hydrogen-bond donors (Lipinski definition) is 2. The van der Waals surface area contributed by atoms with E-state index in [4.69, 9.17) is 23.2 Å². The molecule has 0 spiro atoms. The van der Waals surface area contributed by atoms with Crippen molar-refractivity contribution in [3.8, 4) is 0 Å². The molecule has 3 rings (SSSR count). The van der Waals surface area contributed by atoms with Crippen molar-refractivity contribution < 1.29 is 18.3 Å². The van der Waals surface area contributed by atoms with Crippen LogP contribution >= 0.6 is 23.2 Å². The minimum Gasteiger partial charge on any atom is -0.387 e. The average molecular weight is 338 g/mol. The molecule has 0 aliphatic heterocycles. The molecule has 7 heteroatoms. The van der Waals surface area contributed by atoms with Crippen LogP contribution in [0.4, 0.5) is 13.2 Å². The Bertz CT molecular complexity index is 710. The van der Waals surface area contributed by atoms with Crippen LogP contribution in [0.3, 0.4) is 0 Å². The highest BCUT2D eigenvalue weighted by Gasteiger charge is 2.48. The summed E-state index contributed by atoms with van der Waals surface area (Å²) in [5, 5.41) is 11.0. The van der Waals surface area contributed by atoms with Gasteiger partial charge < -0.3 is 10.1 Å². The summed E-state index contributed by atoms with van der Waals surface area (Å²) >= 11 is 11.8. The van der Waals surface area contributed by atoms with E-state index < -0.39 is 24.1 Å². The second-order valence-electron chi connectivity index (χ2n) is 5.52. The van der Waals surface area contributed by atoms with Crippen LogP contribution in [-0.2, 0) is 0 Å². The second kappa shape index (κ2) is 4.80. The van der Waals surface area contributed by atoms with Crippen LogP contribution in [0.25, 0.3) is 10.9 Å². The van der Waals surface area contributed by atoms with E-state index in [-0.39, 0.29) is 27.7 Å². The Kier molecular flexibility index (Phi) is 3.43. The first-order valence-corrected chi connectivity index (χ1v) is 7.21. The average Bonchev–Trinajstić information content (AvgIpc) is 2.72. The molecule has 21 heavy (non-hydrogen) atoms. The molecule has 1 heterocycles. The van der Waals surface area contributed by atoms with Crippen LogP contribution in [0.1, 0.15) is 36.6 Å². The highest BCUT2D eigenvalue weighted by molar-refractivity contribution is 6.42. The van der Waals surface area contributed by atoms with Crippen molar-refractivity contribution in [3.63, 3.8) is 0 Å². The molecule has 1 aliphatic carbocycles. The molecule has 0 saturated heterocycles. The number of aromatic amines is 1. The Hall–Kier alpha value is -0.910. The largest absolute Gasteiger partial charge is 0.395 e. The molecular weight excluding hydrogens is 326 g/mol. The van der Waals surface area contributed by atoms with Gasteiger partial charge in [0.2, 0.25) is 0 Å². The monoisotopic (exact) mass is 337 g/mol. The Balaban J connectivity index is 2.32. The molecule has 114 valence electrons. The SMILES string of the molecule is CC1CC(C(F)(F)F)c2c([nH]c3cc(Cl)c(Cl)cc23)C1O. The van der Waals surface area contributed by atoms with Gasteiger partial charge in [0.05, 0.1) is 22.1 Å². The summed E-state index contributed by atoms with van der Waals surface area (Å²) < 4.78 is 40.1. The van der Waals surface area contributed by atoms with Gasteiger partial charge in [-0.3, -0.25) is 0 Å². The zero-order valence-corrected chi connectivity index (χ0v) is 12.4. The highest BCUT2D eigenvalue weighted by Crippen LogP contribution is 2.51. The predicted octanol–water partition coefficient (Wildman–Crippen LogP) is 5.19. The summed E-state index contributed by atoms with van der Waals surface area (Å²) in [4.78, 5) is 2.87. The maximum atomic E-state index is 13.4. The van der Waals surface area contributed by atoms with Gasteiger partial charge >= 0.3 is 6.18 Å². The van der Waals surface area contributed by atoms with Crippen LogP contribution in [0.5, 0.6) is 0 Å². The topological polar surface area (TPSA) is 36.0 Å². The van der Waals surface area contributed by atoms with E-state index in [1.54, 1.807) is 6.92 Å². The van der Waals surface area contributed by atoms with Crippen molar-refractivity contribution in [2.45, 2.75) is 31.5 Å². The number of hydrogen-bond acceptors (Lipinski definition) is 1. The molecule has 3 atom stereocenters. The van der Waals surface area contributed by atoms with E-state index in [1.807, 2.05) is 0 Å². The maximum Gasteiger partial charge on any atom is 0.395 e. The van der Waals surface area contributed by atoms with E-state index in [0.717, 1.165) is 0 Å². The molecule has 0 bridgehead atoms. The second-order valence-corrected chi connectivity index (χ2v) is 6.33. The zero-order chi connectivity index (χ0) is 15.5. The molecule has 1 aromatic carbocycles. The lowest BCUT2D eigenvalue weighted by Gasteiger charge is -2.32. The molecule has 0 fully saturated rings. The number of nitrogens with one attached hydrogen (secondary N) is 1. The Morgan fingerprint density at radius 3 is 2.48 bits per heavy atom.